The van der Waals surface area contributed by atoms with Gasteiger partial charge in [-0.2, -0.15) is 0 Å². The number of thioether (sulfide) groups is 1. The van der Waals surface area contributed by atoms with Gasteiger partial charge in [0.2, 0.25) is 0 Å². The minimum atomic E-state index is -0.640. The molecule has 0 atom stereocenters. The van der Waals surface area contributed by atoms with Crippen molar-refractivity contribution in [1.82, 2.24) is 20.3 Å². The van der Waals surface area contributed by atoms with Crippen LogP contribution in [0.25, 0.3) is 22.2 Å². The molecule has 30 heavy (non-hydrogen) atoms. The average molecular weight is 466 g/mol. The van der Waals surface area contributed by atoms with E-state index < -0.39 is 12.0 Å². The Bertz CT molecular complexity index is 1090. The quantitative estimate of drug-likeness (QED) is 0.315. The summed E-state index contributed by atoms with van der Waals surface area (Å²) < 4.78 is 4.80. The molecule has 11 heteroatoms. The minimum absolute atomic E-state index is 0.185. The van der Waals surface area contributed by atoms with Gasteiger partial charge in [0.1, 0.15) is 12.4 Å². The summed E-state index contributed by atoms with van der Waals surface area (Å²) in [5.74, 6) is -0.365. The standard InChI is InChI=1S/C19H17Cl2N5O3S/c1-3-29-14(27)9-22-18(28)25-17-11(15-12(20)5-4-6-13(15)21)7-10-8-23-19(30-2)26-16(10)24-17/h4-8H,3,9H2,1-2H3,(H2,22,23,24,25,26,28). The summed E-state index contributed by atoms with van der Waals surface area (Å²) in [6, 6.07) is 6.20. The molecule has 0 fully saturated rings. The van der Waals surface area contributed by atoms with Crippen molar-refractivity contribution in [2.75, 3.05) is 24.7 Å². The van der Waals surface area contributed by atoms with Crippen molar-refractivity contribution < 1.29 is 14.3 Å². The van der Waals surface area contributed by atoms with E-state index in [4.69, 9.17) is 27.9 Å². The van der Waals surface area contributed by atoms with E-state index in [2.05, 4.69) is 25.6 Å². The van der Waals surface area contributed by atoms with Gasteiger partial charge in [0.15, 0.2) is 10.8 Å². The Morgan fingerprint density at radius 1 is 1.20 bits per heavy atom. The second kappa shape index (κ2) is 9.92. The van der Waals surface area contributed by atoms with Crippen molar-refractivity contribution in [3.05, 3.63) is 40.5 Å². The zero-order valence-electron chi connectivity index (χ0n) is 16.0. The van der Waals surface area contributed by atoms with Crippen LogP contribution in [0, 0.1) is 0 Å². The molecule has 2 heterocycles. The predicted molar refractivity (Wildman–Crippen MR) is 118 cm³/mol. The number of fused-ring (bicyclic) bond motifs is 1. The number of amides is 2. The number of carbonyl (C=O) groups excluding carboxylic acids is 2. The van der Waals surface area contributed by atoms with E-state index in [1.165, 1.54) is 11.8 Å². The number of esters is 1. The summed E-state index contributed by atoms with van der Waals surface area (Å²) in [7, 11) is 0. The normalized spacial score (nSPS) is 10.7. The van der Waals surface area contributed by atoms with E-state index in [0.717, 1.165) is 0 Å². The van der Waals surface area contributed by atoms with Crippen LogP contribution in [0.5, 0.6) is 0 Å². The van der Waals surface area contributed by atoms with Gasteiger partial charge >= 0.3 is 12.0 Å². The average Bonchev–Trinajstić information content (AvgIpc) is 2.72. The topological polar surface area (TPSA) is 106 Å². The van der Waals surface area contributed by atoms with Gasteiger partial charge in [-0.05, 0) is 31.4 Å². The van der Waals surface area contributed by atoms with Gasteiger partial charge in [-0.25, -0.2) is 19.7 Å². The van der Waals surface area contributed by atoms with Gasteiger partial charge in [-0.15, -0.1) is 0 Å². The highest BCUT2D eigenvalue weighted by Gasteiger charge is 2.18. The molecule has 0 saturated carbocycles. The van der Waals surface area contributed by atoms with Crippen LogP contribution >= 0.6 is 35.0 Å². The van der Waals surface area contributed by atoms with Crippen molar-refractivity contribution in [3.8, 4) is 11.1 Å². The van der Waals surface area contributed by atoms with Gasteiger partial charge < -0.3 is 10.1 Å². The number of hydrogen-bond donors (Lipinski definition) is 2. The van der Waals surface area contributed by atoms with Crippen LogP contribution in [0.3, 0.4) is 0 Å². The number of carbonyl (C=O) groups is 2. The van der Waals surface area contributed by atoms with Crippen LogP contribution < -0.4 is 10.6 Å². The number of hydrogen-bond acceptors (Lipinski definition) is 7. The molecule has 2 N–H and O–H groups in total. The zero-order valence-corrected chi connectivity index (χ0v) is 18.4. The van der Waals surface area contributed by atoms with Gasteiger partial charge in [0.05, 0.1) is 16.7 Å². The number of anilines is 1. The molecule has 2 aromatic heterocycles. The number of rotatable bonds is 6. The Morgan fingerprint density at radius 3 is 2.60 bits per heavy atom. The number of pyridine rings is 1. The highest BCUT2D eigenvalue weighted by atomic mass is 35.5. The van der Waals surface area contributed by atoms with Crippen LogP contribution in [0.4, 0.5) is 10.6 Å². The molecular formula is C19H17Cl2N5O3S. The predicted octanol–water partition coefficient (Wildman–Crippen LogP) is 4.41. The Labute approximate surface area is 186 Å². The maximum atomic E-state index is 12.4. The maximum absolute atomic E-state index is 12.4. The zero-order chi connectivity index (χ0) is 21.7. The second-order valence-electron chi connectivity index (χ2n) is 5.86. The van der Waals surface area contributed by atoms with E-state index in [0.29, 0.717) is 37.4 Å². The molecule has 8 nitrogen and oxygen atoms in total. The van der Waals surface area contributed by atoms with E-state index in [1.54, 1.807) is 37.4 Å². The third-order valence-corrected chi connectivity index (χ3v) is 5.08. The molecule has 0 aliphatic carbocycles. The Kier molecular flexibility index (Phi) is 7.30. The SMILES string of the molecule is CCOC(=O)CNC(=O)Nc1nc2nc(SC)ncc2cc1-c1c(Cl)cccc1Cl. The fraction of sp³-hybridized carbons (Fsp3) is 0.211. The summed E-state index contributed by atoms with van der Waals surface area (Å²) in [5, 5.41) is 7.03. The lowest BCUT2D eigenvalue weighted by molar-refractivity contribution is -0.141. The van der Waals surface area contributed by atoms with E-state index in [1.807, 2.05) is 6.26 Å². The summed E-state index contributed by atoms with van der Waals surface area (Å²) in [6.07, 6.45) is 3.49. The first-order valence-electron chi connectivity index (χ1n) is 8.79. The molecular weight excluding hydrogens is 449 g/mol. The summed E-state index contributed by atoms with van der Waals surface area (Å²) in [6.45, 7) is 1.62. The lowest BCUT2D eigenvalue weighted by Crippen LogP contribution is -2.34. The summed E-state index contributed by atoms with van der Waals surface area (Å²) in [4.78, 5) is 37.0. The number of urea groups is 1. The summed E-state index contributed by atoms with van der Waals surface area (Å²) in [5.41, 5.74) is 1.39. The molecule has 0 aliphatic rings. The molecule has 1 aromatic carbocycles. The van der Waals surface area contributed by atoms with Crippen molar-refractivity contribution in [3.63, 3.8) is 0 Å². The van der Waals surface area contributed by atoms with Crippen LogP contribution in [-0.2, 0) is 9.53 Å². The van der Waals surface area contributed by atoms with Gasteiger partial charge in [0.25, 0.3) is 0 Å². The molecule has 3 rings (SSSR count). The molecule has 0 bridgehead atoms. The number of ether oxygens (including phenoxy) is 1. The smallest absolute Gasteiger partial charge is 0.325 e. The fourth-order valence-electron chi connectivity index (χ4n) is 2.60. The van der Waals surface area contributed by atoms with Crippen LogP contribution in [0.15, 0.2) is 35.6 Å². The van der Waals surface area contributed by atoms with Gasteiger partial charge in [0, 0.05) is 22.7 Å². The van der Waals surface area contributed by atoms with Gasteiger partial charge in [-0.1, -0.05) is 41.0 Å². The van der Waals surface area contributed by atoms with Crippen LogP contribution in [-0.4, -0.2) is 46.4 Å². The monoisotopic (exact) mass is 465 g/mol. The molecule has 0 aliphatic heterocycles. The Balaban J connectivity index is 2.03. The second-order valence-corrected chi connectivity index (χ2v) is 7.45. The largest absolute Gasteiger partial charge is 0.465 e. The number of aromatic nitrogens is 3. The van der Waals surface area contributed by atoms with Crippen LogP contribution in [0.2, 0.25) is 10.0 Å². The number of benzene rings is 1. The first-order valence-corrected chi connectivity index (χ1v) is 10.8. The fourth-order valence-corrected chi connectivity index (χ4v) is 3.54. The van der Waals surface area contributed by atoms with E-state index >= 15 is 0 Å². The first-order chi connectivity index (χ1) is 14.4. The minimum Gasteiger partial charge on any atom is -0.465 e. The van der Waals surface area contributed by atoms with Crippen LogP contribution in [0.1, 0.15) is 6.92 Å². The number of nitrogens with one attached hydrogen (secondary N) is 2. The lowest BCUT2D eigenvalue weighted by Gasteiger charge is -2.14. The third-order valence-electron chi connectivity index (χ3n) is 3.89. The van der Waals surface area contributed by atoms with Crippen molar-refractivity contribution in [2.45, 2.75) is 12.1 Å². The highest BCUT2D eigenvalue weighted by Crippen LogP contribution is 2.39. The third kappa shape index (κ3) is 5.10. The first kappa shape index (κ1) is 22.1. The molecule has 0 unspecified atom stereocenters. The number of halogens is 2. The van der Waals surface area contributed by atoms with Crippen molar-refractivity contribution in [1.29, 1.82) is 0 Å². The highest BCUT2D eigenvalue weighted by molar-refractivity contribution is 7.98. The molecule has 0 spiro atoms. The lowest BCUT2D eigenvalue weighted by atomic mass is 10.0. The van der Waals surface area contributed by atoms with Gasteiger partial charge in [-0.3, -0.25) is 10.1 Å². The summed E-state index contributed by atoms with van der Waals surface area (Å²) >= 11 is 14.1. The molecule has 2 amide bonds. The molecule has 156 valence electrons. The van der Waals surface area contributed by atoms with E-state index in [-0.39, 0.29) is 19.0 Å². The molecule has 3 aromatic rings. The maximum Gasteiger partial charge on any atom is 0.325 e. The van der Waals surface area contributed by atoms with E-state index in [9.17, 15) is 9.59 Å². The Morgan fingerprint density at radius 2 is 1.93 bits per heavy atom. The molecule has 0 radical (unpaired) electrons. The Hall–Kier alpha value is -2.62. The number of nitrogens with zero attached hydrogens (tertiary/aromatic N) is 3. The molecule has 0 saturated heterocycles. The van der Waals surface area contributed by atoms with Crippen molar-refractivity contribution in [2.24, 2.45) is 0 Å². The van der Waals surface area contributed by atoms with Crippen molar-refractivity contribution >= 4 is 63.8 Å².